The predicted octanol–water partition coefficient (Wildman–Crippen LogP) is 4.57. The molecule has 0 bridgehead atoms. The van der Waals surface area contributed by atoms with Crippen molar-refractivity contribution in [1.82, 2.24) is 0 Å². The molecule has 0 heterocycles. The molecule has 0 aromatic carbocycles. The number of hydrogen-bond donors (Lipinski definition) is 2. The van der Waals surface area contributed by atoms with Crippen LogP contribution in [0.3, 0.4) is 0 Å². The lowest BCUT2D eigenvalue weighted by Gasteiger charge is -2.41. The maximum Gasteiger partial charge on any atom is 0.183 e. The zero-order valence-corrected chi connectivity index (χ0v) is 15.0. The summed E-state index contributed by atoms with van der Waals surface area (Å²) in [6.07, 6.45) is 7.26. The van der Waals surface area contributed by atoms with Crippen LogP contribution in [0.15, 0.2) is 23.8 Å². The van der Waals surface area contributed by atoms with Gasteiger partial charge in [0.25, 0.3) is 0 Å². The fourth-order valence-electron chi connectivity index (χ4n) is 3.16. The number of nitrogens with one attached hydrogen (secondary N) is 1. The van der Waals surface area contributed by atoms with Crippen molar-refractivity contribution < 1.29 is 9.84 Å². The van der Waals surface area contributed by atoms with Crippen LogP contribution in [0.2, 0.25) is 0 Å². The van der Waals surface area contributed by atoms with Gasteiger partial charge in [-0.2, -0.15) is 0 Å². The molecule has 0 aromatic rings. The van der Waals surface area contributed by atoms with Crippen LogP contribution < -0.4 is 0 Å². The molecule has 0 saturated carbocycles. The molecule has 0 aliphatic heterocycles. The van der Waals surface area contributed by atoms with Gasteiger partial charge in [0, 0.05) is 18.3 Å². The maximum atomic E-state index is 10.0. The zero-order chi connectivity index (χ0) is 16.9. The van der Waals surface area contributed by atoms with Gasteiger partial charge in [-0.25, -0.2) is 0 Å². The lowest BCUT2D eigenvalue weighted by Crippen LogP contribution is -2.41. The highest BCUT2D eigenvalue weighted by molar-refractivity contribution is 5.75. The van der Waals surface area contributed by atoms with Gasteiger partial charge in [0.1, 0.15) is 6.10 Å². The fourth-order valence-corrected chi connectivity index (χ4v) is 3.16. The summed E-state index contributed by atoms with van der Waals surface area (Å²) in [5.41, 5.74) is 1.18. The quantitative estimate of drug-likeness (QED) is 0.593. The van der Waals surface area contributed by atoms with Crippen LogP contribution in [0.5, 0.6) is 0 Å². The normalized spacial score (nSPS) is 34.7. The summed E-state index contributed by atoms with van der Waals surface area (Å²) < 4.78 is 5.95. The lowest BCUT2D eigenvalue weighted by molar-refractivity contribution is 0.0373. The largest absolute Gasteiger partial charge is 0.477 e. The van der Waals surface area contributed by atoms with Crippen molar-refractivity contribution in [3.05, 3.63) is 23.8 Å². The number of ether oxygens (including phenoxy) is 1. The molecule has 0 amide bonds. The van der Waals surface area contributed by atoms with Gasteiger partial charge in [-0.15, -0.1) is 0 Å². The molecule has 6 atom stereocenters. The van der Waals surface area contributed by atoms with E-state index in [1.807, 2.05) is 26.8 Å². The van der Waals surface area contributed by atoms with Gasteiger partial charge in [-0.05, 0) is 23.8 Å². The summed E-state index contributed by atoms with van der Waals surface area (Å²) in [5, 5.41) is 18.1. The summed E-state index contributed by atoms with van der Waals surface area (Å²) in [7, 11) is 0. The molecule has 3 heteroatoms. The van der Waals surface area contributed by atoms with Crippen LogP contribution in [0.1, 0.15) is 54.4 Å². The van der Waals surface area contributed by atoms with Crippen molar-refractivity contribution in [2.45, 2.75) is 66.6 Å². The van der Waals surface area contributed by atoms with Crippen molar-refractivity contribution in [3.8, 4) is 0 Å². The molecule has 3 nitrogen and oxygen atoms in total. The van der Waals surface area contributed by atoms with Crippen molar-refractivity contribution in [1.29, 1.82) is 5.41 Å². The van der Waals surface area contributed by atoms with Crippen LogP contribution in [0, 0.1) is 29.1 Å². The Bertz CT molecular complexity index is 427. The first-order chi connectivity index (χ1) is 10.4. The summed E-state index contributed by atoms with van der Waals surface area (Å²) in [6, 6.07) is 0. The molecule has 2 N–H and O–H groups in total. The molecule has 0 fully saturated rings. The Labute approximate surface area is 136 Å². The minimum Gasteiger partial charge on any atom is -0.477 e. The molecule has 2 aliphatic rings. The van der Waals surface area contributed by atoms with Gasteiger partial charge in [0.2, 0.25) is 0 Å². The van der Waals surface area contributed by atoms with E-state index in [9.17, 15) is 5.11 Å². The highest BCUT2D eigenvalue weighted by atomic mass is 16.5. The topological polar surface area (TPSA) is 53.3 Å². The highest BCUT2D eigenvalue weighted by Crippen LogP contribution is 2.41. The Balaban J connectivity index is 0.00000116. The van der Waals surface area contributed by atoms with E-state index in [0.29, 0.717) is 30.1 Å². The van der Waals surface area contributed by atoms with E-state index in [-0.39, 0.29) is 12.0 Å². The van der Waals surface area contributed by atoms with Crippen molar-refractivity contribution in [3.63, 3.8) is 0 Å². The van der Waals surface area contributed by atoms with Gasteiger partial charge in [-0.1, -0.05) is 59.8 Å². The van der Waals surface area contributed by atoms with E-state index >= 15 is 0 Å². The Morgan fingerprint density at radius 3 is 2.64 bits per heavy atom. The predicted molar refractivity (Wildman–Crippen MR) is 93.1 cm³/mol. The molecule has 22 heavy (non-hydrogen) atoms. The zero-order valence-electron chi connectivity index (χ0n) is 15.0. The standard InChI is InChI=1S/C17H27NO2.C2H6/c1-5-10(2)17(18)20-15-9-14(19)8-13-7-6-11(3)12(4)16(13)15;1-2/h6-8,10-12,14-16,18-19H,5,9H2,1-4H3;1-2H3. The average Bonchev–Trinajstić information content (AvgIpc) is 2.51. The van der Waals surface area contributed by atoms with E-state index in [0.717, 1.165) is 6.42 Å². The maximum absolute atomic E-state index is 10.0. The SMILES string of the molecule is CC.CCC(C)C(=N)OC1CC(O)C=C2C=CC(C)C(C)C21. The molecule has 126 valence electrons. The second-order valence-corrected chi connectivity index (χ2v) is 6.40. The molecule has 0 saturated heterocycles. The van der Waals surface area contributed by atoms with Crippen LogP contribution in [-0.4, -0.2) is 23.2 Å². The molecule has 6 unspecified atom stereocenters. The van der Waals surface area contributed by atoms with E-state index in [1.54, 1.807) is 0 Å². The van der Waals surface area contributed by atoms with Crippen LogP contribution in [-0.2, 0) is 4.74 Å². The van der Waals surface area contributed by atoms with E-state index < -0.39 is 6.10 Å². The Morgan fingerprint density at radius 1 is 1.41 bits per heavy atom. The van der Waals surface area contributed by atoms with Gasteiger partial charge in [0.05, 0.1) is 6.10 Å². The van der Waals surface area contributed by atoms with Crippen molar-refractivity contribution >= 4 is 5.90 Å². The number of aliphatic hydroxyl groups is 1. The number of hydrogen-bond acceptors (Lipinski definition) is 3. The molecule has 2 rings (SSSR count). The van der Waals surface area contributed by atoms with Crippen molar-refractivity contribution in [2.75, 3.05) is 0 Å². The van der Waals surface area contributed by atoms with Gasteiger partial charge < -0.3 is 9.84 Å². The number of aliphatic hydroxyl groups excluding tert-OH is 1. The van der Waals surface area contributed by atoms with E-state index in [1.165, 1.54) is 5.57 Å². The second kappa shape index (κ2) is 8.52. The average molecular weight is 307 g/mol. The summed E-state index contributed by atoms with van der Waals surface area (Å²) >= 11 is 0. The van der Waals surface area contributed by atoms with E-state index in [4.69, 9.17) is 10.1 Å². The monoisotopic (exact) mass is 307 g/mol. The molecule has 0 radical (unpaired) electrons. The van der Waals surface area contributed by atoms with E-state index in [2.05, 4.69) is 32.9 Å². The number of allylic oxidation sites excluding steroid dienone is 2. The minimum absolute atomic E-state index is 0.0751. The Hall–Kier alpha value is -1.09. The second-order valence-electron chi connectivity index (χ2n) is 6.40. The van der Waals surface area contributed by atoms with Crippen LogP contribution >= 0.6 is 0 Å². The van der Waals surface area contributed by atoms with Crippen LogP contribution in [0.25, 0.3) is 0 Å². The Kier molecular flexibility index (Phi) is 7.34. The molecular formula is C19H33NO2. The summed E-state index contributed by atoms with van der Waals surface area (Å²) in [6.45, 7) is 12.6. The summed E-state index contributed by atoms with van der Waals surface area (Å²) in [5.74, 6) is 1.79. The van der Waals surface area contributed by atoms with Gasteiger partial charge in [0.15, 0.2) is 5.90 Å². The van der Waals surface area contributed by atoms with Gasteiger partial charge in [-0.3, -0.25) is 5.41 Å². The minimum atomic E-state index is -0.457. The smallest absolute Gasteiger partial charge is 0.183 e. The first kappa shape index (κ1) is 19.0. The third kappa shape index (κ3) is 4.22. The third-order valence-electron chi connectivity index (χ3n) is 4.97. The summed E-state index contributed by atoms with van der Waals surface area (Å²) in [4.78, 5) is 0. The third-order valence-corrected chi connectivity index (χ3v) is 4.97. The van der Waals surface area contributed by atoms with Crippen LogP contribution in [0.4, 0.5) is 0 Å². The molecule has 0 aromatic heterocycles. The number of rotatable bonds is 3. The first-order valence-electron chi connectivity index (χ1n) is 8.77. The lowest BCUT2D eigenvalue weighted by atomic mass is 9.69. The molecular weight excluding hydrogens is 274 g/mol. The molecule has 2 aliphatic carbocycles. The first-order valence-corrected chi connectivity index (χ1v) is 8.77. The number of fused-ring (bicyclic) bond motifs is 1. The van der Waals surface area contributed by atoms with Gasteiger partial charge >= 0.3 is 0 Å². The Morgan fingerprint density at radius 2 is 2.05 bits per heavy atom. The highest BCUT2D eigenvalue weighted by Gasteiger charge is 2.39. The molecule has 0 spiro atoms. The fraction of sp³-hybridized carbons (Fsp3) is 0.737. The van der Waals surface area contributed by atoms with Crippen molar-refractivity contribution in [2.24, 2.45) is 23.7 Å².